The fourth-order valence-electron chi connectivity index (χ4n) is 1.68. The molecule has 0 fully saturated rings. The molecule has 0 aliphatic carbocycles. The number of aromatic nitrogens is 3. The van der Waals surface area contributed by atoms with Crippen molar-refractivity contribution in [2.24, 2.45) is 7.05 Å². The lowest BCUT2D eigenvalue weighted by Gasteiger charge is -2.16. The molecule has 0 bridgehead atoms. The van der Waals surface area contributed by atoms with Crippen LogP contribution in [-0.4, -0.2) is 34.5 Å². The van der Waals surface area contributed by atoms with Gasteiger partial charge in [0.25, 0.3) is 0 Å². The van der Waals surface area contributed by atoms with Gasteiger partial charge in [0, 0.05) is 39.2 Å². The first-order valence-corrected chi connectivity index (χ1v) is 6.99. The van der Waals surface area contributed by atoms with Crippen LogP contribution >= 0.6 is 0 Å². The molecule has 0 aliphatic rings. The molecule has 0 unspecified atom stereocenters. The molecule has 0 radical (unpaired) electrons. The van der Waals surface area contributed by atoms with E-state index in [-0.39, 0.29) is 17.3 Å². The van der Waals surface area contributed by atoms with Crippen LogP contribution in [0.1, 0.15) is 5.56 Å². The second-order valence-corrected chi connectivity index (χ2v) is 6.18. The molecule has 0 spiro atoms. The highest BCUT2D eigenvalue weighted by Gasteiger charge is 2.25. The van der Waals surface area contributed by atoms with Crippen LogP contribution in [0.4, 0.5) is 5.82 Å². The molecule has 19 heavy (non-hydrogen) atoms. The molecule has 2 aromatic heterocycles. The van der Waals surface area contributed by atoms with E-state index < -0.39 is 10.0 Å². The topological polar surface area (TPSA) is 94.1 Å². The molecule has 0 saturated heterocycles. The smallest absolute Gasteiger partial charge is 0.248 e. The minimum Gasteiger partial charge on any atom is -0.381 e. The third-order valence-corrected chi connectivity index (χ3v) is 4.48. The first kappa shape index (κ1) is 13.5. The SMILES string of the molecule is CN(Cc1ccncc1)S(=O)(=O)c1cn(C)nc1N. The number of anilines is 1. The van der Waals surface area contributed by atoms with Crippen molar-refractivity contribution < 1.29 is 8.42 Å². The molecule has 2 heterocycles. The minimum atomic E-state index is -3.64. The minimum absolute atomic E-state index is 0.00378. The molecular weight excluding hydrogens is 266 g/mol. The van der Waals surface area contributed by atoms with Gasteiger partial charge in [0.2, 0.25) is 10.0 Å². The molecular formula is C11H15N5O2S. The van der Waals surface area contributed by atoms with Gasteiger partial charge in [-0.05, 0) is 17.7 Å². The van der Waals surface area contributed by atoms with E-state index in [4.69, 9.17) is 5.73 Å². The van der Waals surface area contributed by atoms with E-state index in [0.29, 0.717) is 0 Å². The molecule has 0 saturated carbocycles. The summed E-state index contributed by atoms with van der Waals surface area (Å²) in [6.45, 7) is 0.249. The fraction of sp³-hybridized carbons (Fsp3) is 0.273. The van der Waals surface area contributed by atoms with E-state index in [1.807, 2.05) is 0 Å². The zero-order valence-corrected chi connectivity index (χ0v) is 11.5. The predicted molar refractivity (Wildman–Crippen MR) is 70.5 cm³/mol. The van der Waals surface area contributed by atoms with Crippen LogP contribution in [0.15, 0.2) is 35.6 Å². The van der Waals surface area contributed by atoms with Gasteiger partial charge >= 0.3 is 0 Å². The third-order valence-electron chi connectivity index (χ3n) is 2.66. The molecule has 7 nitrogen and oxygen atoms in total. The summed E-state index contributed by atoms with van der Waals surface area (Å²) in [4.78, 5) is 3.91. The lowest BCUT2D eigenvalue weighted by Crippen LogP contribution is -2.26. The molecule has 0 atom stereocenters. The van der Waals surface area contributed by atoms with Gasteiger partial charge in [0.1, 0.15) is 4.90 Å². The van der Waals surface area contributed by atoms with Gasteiger partial charge in [-0.1, -0.05) is 0 Å². The summed E-state index contributed by atoms with van der Waals surface area (Å²) in [6, 6.07) is 3.53. The highest BCUT2D eigenvalue weighted by Crippen LogP contribution is 2.20. The van der Waals surface area contributed by atoms with Gasteiger partial charge in [-0.2, -0.15) is 9.40 Å². The summed E-state index contributed by atoms with van der Waals surface area (Å²) in [5.74, 6) is 0.00378. The Balaban J connectivity index is 2.27. The van der Waals surface area contributed by atoms with Crippen molar-refractivity contribution >= 4 is 15.8 Å². The summed E-state index contributed by atoms with van der Waals surface area (Å²) in [5, 5.41) is 3.85. The van der Waals surface area contributed by atoms with Crippen molar-refractivity contribution in [3.63, 3.8) is 0 Å². The second-order valence-electron chi connectivity index (χ2n) is 4.17. The number of sulfonamides is 1. The number of rotatable bonds is 4. The monoisotopic (exact) mass is 281 g/mol. The summed E-state index contributed by atoms with van der Waals surface area (Å²) in [6.07, 6.45) is 4.64. The maximum atomic E-state index is 12.3. The van der Waals surface area contributed by atoms with E-state index in [2.05, 4.69) is 10.1 Å². The molecule has 2 N–H and O–H groups in total. The van der Waals surface area contributed by atoms with E-state index in [1.54, 1.807) is 31.6 Å². The first-order chi connectivity index (χ1) is 8.91. The van der Waals surface area contributed by atoms with Gasteiger partial charge in [-0.25, -0.2) is 8.42 Å². The Morgan fingerprint density at radius 3 is 2.53 bits per heavy atom. The van der Waals surface area contributed by atoms with Crippen LogP contribution in [0.2, 0.25) is 0 Å². The molecule has 102 valence electrons. The van der Waals surface area contributed by atoms with E-state index in [0.717, 1.165) is 5.56 Å². The van der Waals surface area contributed by atoms with Gasteiger partial charge in [0.15, 0.2) is 5.82 Å². The van der Waals surface area contributed by atoms with Crippen molar-refractivity contribution in [1.82, 2.24) is 19.1 Å². The molecule has 0 aromatic carbocycles. The van der Waals surface area contributed by atoms with Crippen molar-refractivity contribution in [3.8, 4) is 0 Å². The Morgan fingerprint density at radius 2 is 2.00 bits per heavy atom. The van der Waals surface area contributed by atoms with Gasteiger partial charge in [0.05, 0.1) is 0 Å². The maximum Gasteiger partial charge on any atom is 0.248 e. The van der Waals surface area contributed by atoms with Crippen LogP contribution in [-0.2, 0) is 23.6 Å². The van der Waals surface area contributed by atoms with Crippen LogP contribution in [0, 0.1) is 0 Å². The summed E-state index contributed by atoms with van der Waals surface area (Å²) >= 11 is 0. The zero-order valence-electron chi connectivity index (χ0n) is 10.7. The number of hydrogen-bond donors (Lipinski definition) is 1. The van der Waals surface area contributed by atoms with Gasteiger partial charge in [-0.15, -0.1) is 0 Å². The highest BCUT2D eigenvalue weighted by molar-refractivity contribution is 7.89. The number of nitrogen functional groups attached to an aromatic ring is 1. The largest absolute Gasteiger partial charge is 0.381 e. The van der Waals surface area contributed by atoms with Crippen LogP contribution in [0.5, 0.6) is 0 Å². The maximum absolute atomic E-state index is 12.3. The number of aryl methyl sites for hydroxylation is 1. The van der Waals surface area contributed by atoms with Crippen molar-refractivity contribution in [3.05, 3.63) is 36.3 Å². The summed E-state index contributed by atoms with van der Waals surface area (Å²) < 4.78 is 27.3. The third kappa shape index (κ3) is 2.74. The lowest BCUT2D eigenvalue weighted by molar-refractivity contribution is 0.467. The summed E-state index contributed by atoms with van der Waals surface area (Å²) in [7, 11) is -0.517. The van der Waals surface area contributed by atoms with Gasteiger partial charge < -0.3 is 5.73 Å². The second kappa shape index (κ2) is 4.98. The lowest BCUT2D eigenvalue weighted by atomic mass is 10.3. The van der Waals surface area contributed by atoms with E-state index in [9.17, 15) is 8.42 Å². The fourth-order valence-corrected chi connectivity index (χ4v) is 2.93. The zero-order chi connectivity index (χ0) is 14.0. The number of pyridine rings is 1. The van der Waals surface area contributed by atoms with E-state index in [1.165, 1.54) is 22.2 Å². The quantitative estimate of drug-likeness (QED) is 0.865. The molecule has 8 heteroatoms. The summed E-state index contributed by atoms with van der Waals surface area (Å²) in [5.41, 5.74) is 6.46. The van der Waals surface area contributed by atoms with Crippen molar-refractivity contribution in [1.29, 1.82) is 0 Å². The standard InChI is InChI=1S/C11H15N5O2S/c1-15-8-10(11(12)14-15)19(17,18)16(2)7-9-3-5-13-6-4-9/h3-6,8H,7H2,1-2H3,(H2,12,14). The predicted octanol–water partition coefficient (Wildman–Crippen LogP) is 0.218. The molecule has 0 aliphatic heterocycles. The number of hydrogen-bond acceptors (Lipinski definition) is 5. The Morgan fingerprint density at radius 1 is 1.37 bits per heavy atom. The number of nitrogens with zero attached hydrogens (tertiary/aromatic N) is 4. The molecule has 2 aromatic rings. The average Bonchev–Trinajstić information content (AvgIpc) is 2.70. The Kier molecular flexibility index (Phi) is 3.54. The Hall–Kier alpha value is -1.93. The van der Waals surface area contributed by atoms with Crippen molar-refractivity contribution in [2.45, 2.75) is 11.4 Å². The first-order valence-electron chi connectivity index (χ1n) is 5.55. The molecule has 0 amide bonds. The van der Waals surface area contributed by atoms with Crippen LogP contribution < -0.4 is 5.73 Å². The van der Waals surface area contributed by atoms with Crippen LogP contribution in [0.3, 0.4) is 0 Å². The Labute approximate surface area is 111 Å². The van der Waals surface area contributed by atoms with E-state index >= 15 is 0 Å². The highest BCUT2D eigenvalue weighted by atomic mass is 32.2. The Bertz CT molecular complexity index is 666. The average molecular weight is 281 g/mol. The molecule has 2 rings (SSSR count). The van der Waals surface area contributed by atoms with Gasteiger partial charge in [-0.3, -0.25) is 9.67 Å². The van der Waals surface area contributed by atoms with Crippen molar-refractivity contribution in [2.75, 3.05) is 12.8 Å². The normalized spacial score (nSPS) is 11.9. The number of nitrogens with two attached hydrogens (primary N) is 1. The van der Waals surface area contributed by atoms with Crippen LogP contribution in [0.25, 0.3) is 0 Å².